The van der Waals surface area contributed by atoms with Gasteiger partial charge in [-0.15, -0.1) is 0 Å². The molecule has 1 saturated carbocycles. The smallest absolute Gasteiger partial charge is 0.364 e. The quantitative estimate of drug-likeness (QED) is 0.821. The van der Waals surface area contributed by atoms with Gasteiger partial charge in [-0.25, -0.2) is 9.59 Å². The summed E-state index contributed by atoms with van der Waals surface area (Å²) in [5, 5.41) is 9.68. The SMILES string of the molecule is O=c1cc(CCC2CCCC2)c2c(=O)[nH]c(=O)n(O)c2o1. The number of rotatable bonds is 3. The summed E-state index contributed by atoms with van der Waals surface area (Å²) in [5.41, 5.74) is -2.24. The Morgan fingerprint density at radius 1 is 1.29 bits per heavy atom. The average molecular weight is 292 g/mol. The second-order valence-corrected chi connectivity index (χ2v) is 5.53. The fraction of sp³-hybridized carbons (Fsp3) is 0.500. The second kappa shape index (κ2) is 5.23. The van der Waals surface area contributed by atoms with Gasteiger partial charge in [0.25, 0.3) is 11.3 Å². The van der Waals surface area contributed by atoms with Gasteiger partial charge in [0.15, 0.2) is 0 Å². The molecule has 7 heteroatoms. The van der Waals surface area contributed by atoms with E-state index >= 15 is 0 Å². The van der Waals surface area contributed by atoms with Crippen LogP contribution >= 0.6 is 0 Å². The van der Waals surface area contributed by atoms with Crippen LogP contribution in [0.2, 0.25) is 0 Å². The highest BCUT2D eigenvalue weighted by Crippen LogP contribution is 2.29. The van der Waals surface area contributed by atoms with Crippen LogP contribution < -0.4 is 16.9 Å². The standard InChI is InChI=1S/C14H16N2O5/c17-10-7-9(6-5-8-3-1-2-4-8)11-12(18)15-14(19)16(20)13(11)21-10/h7-8,20H,1-6H2,(H,15,18,19). The van der Waals surface area contributed by atoms with E-state index in [1.54, 1.807) is 0 Å². The molecule has 3 rings (SSSR count). The Balaban J connectivity index is 2.09. The first-order valence-corrected chi connectivity index (χ1v) is 7.07. The summed E-state index contributed by atoms with van der Waals surface area (Å²) < 4.78 is 4.97. The first-order chi connectivity index (χ1) is 10.1. The molecule has 0 aliphatic heterocycles. The molecule has 0 bridgehead atoms. The maximum absolute atomic E-state index is 11.9. The maximum Gasteiger partial charge on any atom is 0.364 e. The van der Waals surface area contributed by atoms with Crippen LogP contribution in [0.5, 0.6) is 0 Å². The van der Waals surface area contributed by atoms with Gasteiger partial charge in [0.2, 0.25) is 0 Å². The minimum atomic E-state index is -1.02. The Bertz CT molecular complexity index is 839. The Kier molecular flexibility index (Phi) is 3.40. The van der Waals surface area contributed by atoms with Crippen LogP contribution in [0.4, 0.5) is 0 Å². The number of hydrogen-bond acceptors (Lipinski definition) is 5. The fourth-order valence-corrected chi connectivity index (χ4v) is 3.08. The molecule has 2 heterocycles. The molecule has 1 aliphatic rings. The largest absolute Gasteiger partial charge is 0.421 e. The van der Waals surface area contributed by atoms with Crippen molar-refractivity contribution in [3.63, 3.8) is 0 Å². The lowest BCUT2D eigenvalue weighted by Gasteiger charge is -2.09. The lowest BCUT2D eigenvalue weighted by atomic mass is 9.97. The Hall–Kier alpha value is -2.31. The van der Waals surface area contributed by atoms with Crippen molar-refractivity contribution >= 4 is 11.1 Å². The highest BCUT2D eigenvalue weighted by molar-refractivity contribution is 5.75. The van der Waals surface area contributed by atoms with Crippen LogP contribution in [-0.4, -0.2) is 14.9 Å². The molecule has 1 fully saturated rings. The first-order valence-electron chi connectivity index (χ1n) is 7.07. The van der Waals surface area contributed by atoms with E-state index in [2.05, 4.69) is 0 Å². The van der Waals surface area contributed by atoms with Gasteiger partial charge in [-0.2, -0.15) is 0 Å². The van der Waals surface area contributed by atoms with Gasteiger partial charge in [-0.1, -0.05) is 30.4 Å². The van der Waals surface area contributed by atoms with Crippen LogP contribution in [0.3, 0.4) is 0 Å². The Morgan fingerprint density at radius 3 is 2.71 bits per heavy atom. The van der Waals surface area contributed by atoms with Gasteiger partial charge in [-0.3, -0.25) is 9.78 Å². The Morgan fingerprint density at radius 2 is 2.00 bits per heavy atom. The number of aromatic amines is 1. The summed E-state index contributed by atoms with van der Waals surface area (Å²) >= 11 is 0. The highest BCUT2D eigenvalue weighted by atomic mass is 16.5. The number of nitrogens with zero attached hydrogens (tertiary/aromatic N) is 1. The number of aromatic nitrogens is 2. The lowest BCUT2D eigenvalue weighted by molar-refractivity contribution is 0.170. The summed E-state index contributed by atoms with van der Waals surface area (Å²) in [4.78, 5) is 36.9. The molecule has 7 nitrogen and oxygen atoms in total. The van der Waals surface area contributed by atoms with Crippen molar-refractivity contribution < 1.29 is 9.62 Å². The minimum absolute atomic E-state index is 0.0645. The van der Waals surface area contributed by atoms with Gasteiger partial charge in [-0.05, 0) is 24.3 Å². The lowest BCUT2D eigenvalue weighted by Crippen LogP contribution is -2.30. The van der Waals surface area contributed by atoms with E-state index in [0.717, 1.165) is 6.42 Å². The third-order valence-corrected chi connectivity index (χ3v) is 4.15. The molecule has 0 amide bonds. The van der Waals surface area contributed by atoms with Crippen molar-refractivity contribution in [1.29, 1.82) is 0 Å². The van der Waals surface area contributed by atoms with E-state index in [9.17, 15) is 19.6 Å². The van der Waals surface area contributed by atoms with Gasteiger partial charge in [0.1, 0.15) is 5.39 Å². The molecule has 2 aromatic heterocycles. The van der Waals surface area contributed by atoms with Crippen molar-refractivity contribution in [2.24, 2.45) is 5.92 Å². The number of hydrogen-bond donors (Lipinski definition) is 2. The molecule has 0 radical (unpaired) electrons. The van der Waals surface area contributed by atoms with Gasteiger partial charge in [0.05, 0.1) is 0 Å². The monoisotopic (exact) mass is 292 g/mol. The van der Waals surface area contributed by atoms with Crippen molar-refractivity contribution in [2.45, 2.75) is 38.5 Å². The third kappa shape index (κ3) is 2.51. The van der Waals surface area contributed by atoms with Crippen molar-refractivity contribution in [1.82, 2.24) is 9.71 Å². The van der Waals surface area contributed by atoms with Crippen LogP contribution in [0.1, 0.15) is 37.7 Å². The van der Waals surface area contributed by atoms with Gasteiger partial charge in [0, 0.05) is 6.07 Å². The molecular formula is C14H16N2O5. The summed E-state index contributed by atoms with van der Waals surface area (Å²) in [6.07, 6.45) is 6.20. The van der Waals surface area contributed by atoms with E-state index in [4.69, 9.17) is 4.42 Å². The molecule has 112 valence electrons. The zero-order valence-corrected chi connectivity index (χ0v) is 11.4. The van der Waals surface area contributed by atoms with Crippen molar-refractivity contribution in [3.8, 4) is 0 Å². The highest BCUT2D eigenvalue weighted by Gasteiger charge is 2.18. The molecule has 0 saturated heterocycles. The molecule has 2 N–H and O–H groups in total. The minimum Gasteiger partial charge on any atom is -0.421 e. The van der Waals surface area contributed by atoms with Gasteiger partial charge >= 0.3 is 11.3 Å². The molecular weight excluding hydrogens is 276 g/mol. The van der Waals surface area contributed by atoms with Crippen molar-refractivity contribution in [3.05, 3.63) is 42.9 Å². The zero-order chi connectivity index (χ0) is 15.0. The zero-order valence-electron chi connectivity index (χ0n) is 11.4. The van der Waals surface area contributed by atoms with Crippen LogP contribution in [0.25, 0.3) is 11.1 Å². The average Bonchev–Trinajstić information content (AvgIpc) is 2.95. The number of nitrogens with one attached hydrogen (secondary N) is 1. The van der Waals surface area contributed by atoms with E-state index in [1.165, 1.54) is 31.7 Å². The fourth-order valence-electron chi connectivity index (χ4n) is 3.08. The molecule has 0 aromatic carbocycles. The normalized spacial score (nSPS) is 15.8. The van der Waals surface area contributed by atoms with E-state index in [-0.39, 0.29) is 10.1 Å². The second-order valence-electron chi connectivity index (χ2n) is 5.53. The predicted molar refractivity (Wildman–Crippen MR) is 74.8 cm³/mol. The number of fused-ring (bicyclic) bond motifs is 1. The summed E-state index contributed by atoms with van der Waals surface area (Å²) in [5.74, 6) is 0.603. The van der Waals surface area contributed by atoms with E-state index < -0.39 is 22.6 Å². The molecule has 2 aromatic rings. The number of aryl methyl sites for hydroxylation is 1. The molecule has 0 spiro atoms. The summed E-state index contributed by atoms with van der Waals surface area (Å²) in [6.45, 7) is 0. The molecule has 1 aliphatic carbocycles. The summed E-state index contributed by atoms with van der Waals surface area (Å²) in [6, 6.07) is 1.26. The third-order valence-electron chi connectivity index (χ3n) is 4.15. The predicted octanol–water partition coefficient (Wildman–Crippen LogP) is 1.00. The number of H-pyrrole nitrogens is 1. The van der Waals surface area contributed by atoms with Crippen LogP contribution in [0, 0.1) is 5.92 Å². The molecule has 0 atom stereocenters. The first kappa shape index (κ1) is 13.7. The van der Waals surface area contributed by atoms with Crippen LogP contribution in [0.15, 0.2) is 24.9 Å². The Labute approximate surface area is 118 Å². The maximum atomic E-state index is 11.9. The topological polar surface area (TPSA) is 105 Å². The van der Waals surface area contributed by atoms with E-state index in [1.807, 2.05) is 4.98 Å². The summed E-state index contributed by atoms with van der Waals surface area (Å²) in [7, 11) is 0. The van der Waals surface area contributed by atoms with Gasteiger partial charge < -0.3 is 9.62 Å². The molecule has 0 unspecified atom stereocenters. The van der Waals surface area contributed by atoms with Crippen LogP contribution in [-0.2, 0) is 6.42 Å². The van der Waals surface area contributed by atoms with E-state index in [0.29, 0.717) is 17.9 Å². The van der Waals surface area contributed by atoms with Crippen molar-refractivity contribution in [2.75, 3.05) is 0 Å². The molecule has 21 heavy (non-hydrogen) atoms.